The number of fused-ring (bicyclic) bond motifs is 12. The lowest BCUT2D eigenvalue weighted by Crippen LogP contribution is -2.14. The number of hydrogen-bond acceptors (Lipinski definition) is 4. The number of furan rings is 1. The summed E-state index contributed by atoms with van der Waals surface area (Å²) in [4.78, 5) is 15.4. The molecule has 0 saturated carbocycles. The van der Waals surface area contributed by atoms with Gasteiger partial charge in [0.1, 0.15) is 11.2 Å². The third-order valence-electron chi connectivity index (χ3n) is 12.8. The molecule has 0 fully saturated rings. The van der Waals surface area contributed by atoms with Crippen molar-refractivity contribution in [3.8, 4) is 45.5 Å². The van der Waals surface area contributed by atoms with Gasteiger partial charge in [-0.1, -0.05) is 129 Å². The SMILES string of the molecule is CC1(C)c2ccccc2-c2cc3c4ccccc4n(-c4ccc5oc6cc(-c7nc(-c8ccccc8)nc(-n8c9ccccc9c9ccccc98)n7)ccc6c5c4)c3cc21. The lowest BCUT2D eigenvalue weighted by molar-refractivity contribution is 0.661. The Labute approximate surface area is 344 Å². The average molecular weight is 770 g/mol. The highest BCUT2D eigenvalue weighted by Crippen LogP contribution is 2.51. The van der Waals surface area contributed by atoms with Gasteiger partial charge in [0.2, 0.25) is 5.95 Å². The normalized spacial score (nSPS) is 13.3. The Bertz CT molecular complexity index is 3700. The van der Waals surface area contributed by atoms with E-state index in [1.54, 1.807) is 0 Å². The van der Waals surface area contributed by atoms with Crippen LogP contribution < -0.4 is 0 Å². The van der Waals surface area contributed by atoms with Crippen LogP contribution in [0.4, 0.5) is 0 Å². The van der Waals surface area contributed by atoms with Crippen molar-refractivity contribution < 1.29 is 4.42 Å². The first-order valence-electron chi connectivity index (χ1n) is 20.4. The van der Waals surface area contributed by atoms with Crippen molar-refractivity contribution in [1.29, 1.82) is 0 Å². The fourth-order valence-electron chi connectivity index (χ4n) is 9.93. The summed E-state index contributed by atoms with van der Waals surface area (Å²) < 4.78 is 11.2. The predicted octanol–water partition coefficient (Wildman–Crippen LogP) is 13.6. The summed E-state index contributed by atoms with van der Waals surface area (Å²) in [6.07, 6.45) is 0. The number of benzene rings is 8. The maximum atomic E-state index is 6.63. The van der Waals surface area contributed by atoms with E-state index >= 15 is 0 Å². The molecule has 4 heterocycles. The second-order valence-electron chi connectivity index (χ2n) is 16.4. The van der Waals surface area contributed by atoms with E-state index in [9.17, 15) is 0 Å². The van der Waals surface area contributed by atoms with E-state index in [4.69, 9.17) is 19.4 Å². The van der Waals surface area contributed by atoms with Crippen LogP contribution >= 0.6 is 0 Å². The molecule has 0 bridgehead atoms. The molecule has 4 aromatic heterocycles. The van der Waals surface area contributed by atoms with Gasteiger partial charge in [-0.2, -0.15) is 9.97 Å². The predicted molar refractivity (Wildman–Crippen MR) is 244 cm³/mol. The van der Waals surface area contributed by atoms with Crippen molar-refractivity contribution in [2.24, 2.45) is 0 Å². The van der Waals surface area contributed by atoms with Crippen LogP contribution in [0.2, 0.25) is 0 Å². The smallest absolute Gasteiger partial charge is 0.238 e. The van der Waals surface area contributed by atoms with Gasteiger partial charge in [0.25, 0.3) is 0 Å². The summed E-state index contributed by atoms with van der Waals surface area (Å²) in [6, 6.07) is 62.3. The van der Waals surface area contributed by atoms with Crippen LogP contribution in [-0.4, -0.2) is 24.1 Å². The second kappa shape index (κ2) is 12.1. The Kier molecular flexibility index (Phi) is 6.69. The van der Waals surface area contributed by atoms with E-state index in [1.165, 1.54) is 44.1 Å². The fourth-order valence-corrected chi connectivity index (χ4v) is 9.93. The molecule has 6 nitrogen and oxygen atoms in total. The van der Waals surface area contributed by atoms with E-state index in [0.29, 0.717) is 17.6 Å². The molecular formula is C54H35N5O. The second-order valence-corrected chi connectivity index (χ2v) is 16.4. The van der Waals surface area contributed by atoms with Gasteiger partial charge in [0.15, 0.2) is 11.6 Å². The van der Waals surface area contributed by atoms with E-state index in [0.717, 1.165) is 60.6 Å². The van der Waals surface area contributed by atoms with Crippen molar-refractivity contribution in [2.45, 2.75) is 19.3 Å². The summed E-state index contributed by atoms with van der Waals surface area (Å²) in [5, 5.41) is 6.89. The average Bonchev–Trinajstić information content (AvgIpc) is 4.00. The molecule has 0 N–H and O–H groups in total. The minimum atomic E-state index is -0.103. The fraction of sp³-hybridized carbons (Fsp3) is 0.0556. The molecule has 282 valence electrons. The molecule has 13 rings (SSSR count). The van der Waals surface area contributed by atoms with Gasteiger partial charge in [-0.15, -0.1) is 0 Å². The van der Waals surface area contributed by atoms with Crippen molar-refractivity contribution in [2.75, 3.05) is 0 Å². The summed E-state index contributed by atoms with van der Waals surface area (Å²) in [5.74, 6) is 1.75. The molecule has 0 atom stereocenters. The molecule has 0 amide bonds. The van der Waals surface area contributed by atoms with Gasteiger partial charge in [0, 0.05) is 54.5 Å². The molecule has 0 spiro atoms. The molecule has 6 heteroatoms. The molecule has 0 saturated heterocycles. The largest absolute Gasteiger partial charge is 0.456 e. The lowest BCUT2D eigenvalue weighted by Gasteiger charge is -2.21. The van der Waals surface area contributed by atoms with Crippen LogP contribution in [0.15, 0.2) is 180 Å². The first-order valence-corrected chi connectivity index (χ1v) is 20.4. The van der Waals surface area contributed by atoms with Gasteiger partial charge in [0.05, 0.1) is 22.1 Å². The quantitative estimate of drug-likeness (QED) is 0.179. The number of para-hydroxylation sites is 3. The minimum Gasteiger partial charge on any atom is -0.456 e. The molecule has 12 aromatic rings. The number of nitrogens with zero attached hydrogens (tertiary/aromatic N) is 5. The first kappa shape index (κ1) is 33.2. The van der Waals surface area contributed by atoms with Crippen molar-refractivity contribution in [3.63, 3.8) is 0 Å². The standard InChI is InChI=1S/C54H35N5O/c1-54(2)43-20-10-6-16-35(43)40-30-41-38-19-9-11-21-45(38)58(48(41)31-44(40)54)34-25-27-49-42(29-34)39-26-24-33(28-50(39)60-49)52-55-51(32-14-4-3-5-15-32)56-53(57-52)59-46-22-12-7-17-36(46)37-18-8-13-23-47(37)59/h3-31H,1-2H3. The highest BCUT2D eigenvalue weighted by Gasteiger charge is 2.36. The monoisotopic (exact) mass is 769 g/mol. The summed E-state index contributed by atoms with van der Waals surface area (Å²) in [7, 11) is 0. The van der Waals surface area contributed by atoms with E-state index in [1.807, 2.05) is 30.3 Å². The molecular weight excluding hydrogens is 735 g/mol. The molecule has 60 heavy (non-hydrogen) atoms. The van der Waals surface area contributed by atoms with Crippen LogP contribution in [0.3, 0.4) is 0 Å². The van der Waals surface area contributed by atoms with Crippen LogP contribution in [0.25, 0.3) is 111 Å². The zero-order chi connectivity index (χ0) is 39.7. The summed E-state index contributed by atoms with van der Waals surface area (Å²) in [5.41, 5.74) is 14.2. The third kappa shape index (κ3) is 4.61. The molecule has 0 aliphatic heterocycles. The van der Waals surface area contributed by atoms with Crippen molar-refractivity contribution >= 4 is 65.6 Å². The van der Waals surface area contributed by atoms with E-state index in [-0.39, 0.29) is 5.41 Å². The maximum Gasteiger partial charge on any atom is 0.238 e. The van der Waals surface area contributed by atoms with Gasteiger partial charge >= 0.3 is 0 Å². The van der Waals surface area contributed by atoms with Gasteiger partial charge in [-0.3, -0.25) is 4.57 Å². The zero-order valence-corrected chi connectivity index (χ0v) is 32.9. The van der Waals surface area contributed by atoms with Gasteiger partial charge in [-0.05, 0) is 82.9 Å². The highest BCUT2D eigenvalue weighted by atomic mass is 16.3. The first-order chi connectivity index (χ1) is 29.5. The molecule has 1 aliphatic carbocycles. The highest BCUT2D eigenvalue weighted by molar-refractivity contribution is 6.13. The van der Waals surface area contributed by atoms with Crippen LogP contribution in [0.1, 0.15) is 25.0 Å². The number of hydrogen-bond donors (Lipinski definition) is 0. The lowest BCUT2D eigenvalue weighted by atomic mass is 9.82. The van der Waals surface area contributed by atoms with Gasteiger partial charge < -0.3 is 8.98 Å². The van der Waals surface area contributed by atoms with Crippen molar-refractivity contribution in [3.05, 3.63) is 187 Å². The minimum absolute atomic E-state index is 0.103. The van der Waals surface area contributed by atoms with Crippen LogP contribution in [0.5, 0.6) is 0 Å². The molecule has 0 unspecified atom stereocenters. The van der Waals surface area contributed by atoms with Crippen LogP contribution in [-0.2, 0) is 5.41 Å². The van der Waals surface area contributed by atoms with Crippen LogP contribution in [0, 0.1) is 0 Å². The molecule has 0 radical (unpaired) electrons. The Hall–Kier alpha value is -7.83. The Morgan fingerprint density at radius 1 is 0.400 bits per heavy atom. The summed E-state index contributed by atoms with van der Waals surface area (Å²) >= 11 is 0. The van der Waals surface area contributed by atoms with Gasteiger partial charge in [-0.25, -0.2) is 4.98 Å². The zero-order valence-electron chi connectivity index (χ0n) is 32.9. The summed E-state index contributed by atoms with van der Waals surface area (Å²) in [6.45, 7) is 4.69. The Morgan fingerprint density at radius 2 is 1.03 bits per heavy atom. The van der Waals surface area contributed by atoms with E-state index in [2.05, 4.69) is 169 Å². The number of rotatable bonds is 4. The Balaban J connectivity index is 0.979. The third-order valence-corrected chi connectivity index (χ3v) is 12.8. The maximum absolute atomic E-state index is 6.63. The Morgan fingerprint density at radius 3 is 1.78 bits per heavy atom. The van der Waals surface area contributed by atoms with Crippen molar-refractivity contribution in [1.82, 2.24) is 24.1 Å². The topological polar surface area (TPSA) is 61.7 Å². The van der Waals surface area contributed by atoms with E-state index < -0.39 is 0 Å². The molecule has 8 aromatic carbocycles. The number of aromatic nitrogens is 5. The molecule has 1 aliphatic rings.